The third kappa shape index (κ3) is 17.8. The van der Waals surface area contributed by atoms with E-state index in [9.17, 15) is 54.0 Å². The molecule has 6 unspecified atom stereocenters. The van der Waals surface area contributed by atoms with Gasteiger partial charge in [0.15, 0.2) is 0 Å². The predicted octanol–water partition coefficient (Wildman–Crippen LogP) is 10.0. The lowest BCUT2D eigenvalue weighted by atomic mass is 9.54. The second-order valence-electron chi connectivity index (χ2n) is 22.3. The number of carbonyl (C=O) groups is 7. The first-order valence-electron chi connectivity index (χ1n) is 23.2. The molecule has 0 saturated heterocycles. The molecular weight excluding hydrogens is 821 g/mol. The maximum atomic E-state index is 14.3. The number of carboxylic acids is 5. The number of aliphatic carboxylic acids is 5. The molecule has 14 heteroatoms. The van der Waals surface area contributed by atoms with Gasteiger partial charge in [-0.15, -0.1) is 13.2 Å². The van der Waals surface area contributed by atoms with E-state index < -0.39 is 105 Å². The summed E-state index contributed by atoms with van der Waals surface area (Å²) in [7, 11) is 0. The Morgan fingerprint density at radius 3 is 1.22 bits per heavy atom. The minimum atomic E-state index is -1.25. The number of hydrogen-bond donors (Lipinski definition) is 7. The first kappa shape index (κ1) is 62.1. The van der Waals surface area contributed by atoms with Gasteiger partial charge in [-0.25, -0.2) is 0 Å². The molecule has 14 nitrogen and oxygen atoms in total. The lowest BCUT2D eigenvalue weighted by Gasteiger charge is -2.49. The van der Waals surface area contributed by atoms with Crippen molar-refractivity contribution in [3.63, 3.8) is 0 Å². The van der Waals surface area contributed by atoms with Crippen molar-refractivity contribution < 1.29 is 59.1 Å². The van der Waals surface area contributed by atoms with Crippen LogP contribution in [0.4, 0.5) is 0 Å². The Bertz CT molecular complexity index is 1550. The molecule has 64 heavy (non-hydrogen) atoms. The Balaban J connectivity index is 0. The van der Waals surface area contributed by atoms with Gasteiger partial charge in [-0.05, 0) is 90.3 Å². The van der Waals surface area contributed by atoms with Crippen molar-refractivity contribution in [2.75, 3.05) is 6.54 Å². The van der Waals surface area contributed by atoms with Crippen molar-refractivity contribution >= 4 is 41.7 Å². The molecule has 1 saturated carbocycles. The average molecular weight is 911 g/mol. The molecule has 1 rings (SSSR count). The van der Waals surface area contributed by atoms with Crippen LogP contribution in [-0.2, 0) is 33.6 Å². The summed E-state index contributed by atoms with van der Waals surface area (Å²) in [5.41, 5.74) is -4.51. The fourth-order valence-electron chi connectivity index (χ4n) is 9.19. The van der Waals surface area contributed by atoms with E-state index in [2.05, 4.69) is 23.8 Å². The zero-order chi connectivity index (χ0) is 51.0. The van der Waals surface area contributed by atoms with Gasteiger partial charge in [-0.3, -0.25) is 33.6 Å². The van der Waals surface area contributed by atoms with Gasteiger partial charge in [-0.2, -0.15) is 0 Å². The number of carbonyl (C=O) groups excluding carboxylic acids is 2. The number of amides is 2. The molecule has 0 aromatic carbocycles. The monoisotopic (exact) mass is 911 g/mol. The van der Waals surface area contributed by atoms with Gasteiger partial charge in [-0.1, -0.05) is 124 Å². The van der Waals surface area contributed by atoms with E-state index in [1.54, 1.807) is 34.6 Å². The first-order valence-corrected chi connectivity index (χ1v) is 23.2. The highest BCUT2D eigenvalue weighted by Crippen LogP contribution is 2.54. The van der Waals surface area contributed by atoms with E-state index in [1.165, 1.54) is 0 Å². The van der Waals surface area contributed by atoms with Crippen LogP contribution in [0.25, 0.3) is 0 Å². The molecule has 0 spiro atoms. The molecule has 1 aliphatic rings. The molecule has 7 N–H and O–H groups in total. The Labute approximate surface area is 385 Å². The quantitative estimate of drug-likeness (QED) is 0.0401. The molecule has 1 aliphatic carbocycles. The molecule has 2 amide bonds. The second kappa shape index (κ2) is 25.7. The Morgan fingerprint density at radius 2 is 0.906 bits per heavy atom. The van der Waals surface area contributed by atoms with Crippen molar-refractivity contribution in [3.8, 4) is 0 Å². The highest BCUT2D eigenvalue weighted by Gasteiger charge is 2.54. The van der Waals surface area contributed by atoms with E-state index in [0.717, 1.165) is 19.3 Å². The zero-order valence-electron chi connectivity index (χ0n) is 42.5. The third-order valence-electron chi connectivity index (χ3n) is 14.7. The van der Waals surface area contributed by atoms with Gasteiger partial charge in [0, 0.05) is 6.04 Å². The topological polar surface area (TPSA) is 245 Å². The second-order valence-corrected chi connectivity index (χ2v) is 22.3. The minimum absolute atomic E-state index is 0.0700. The number of nitrogens with one attached hydrogen (secondary N) is 2. The summed E-state index contributed by atoms with van der Waals surface area (Å²) in [6, 6.07) is -0.0700. The van der Waals surface area contributed by atoms with Crippen LogP contribution in [0.15, 0.2) is 13.2 Å². The van der Waals surface area contributed by atoms with Gasteiger partial charge < -0.3 is 36.2 Å². The highest BCUT2D eigenvalue weighted by atomic mass is 16.4. The Morgan fingerprint density at radius 1 is 0.531 bits per heavy atom. The molecule has 0 bridgehead atoms. The van der Waals surface area contributed by atoms with Crippen molar-refractivity contribution in [1.82, 2.24) is 10.6 Å². The molecule has 1 fully saturated rings. The van der Waals surface area contributed by atoms with Crippen LogP contribution < -0.4 is 10.6 Å². The van der Waals surface area contributed by atoms with Crippen LogP contribution in [0, 0.1) is 68.0 Å². The number of carboxylic acid groups (broad SMARTS) is 5. The fraction of sp³-hybridized carbons (Fsp3) is 0.820. The standard InChI is InChI=1S/C46H80N2O12.C2H6.C2H4/c1-41(2,3)25-22-30(39(57)58)34(40(59)60)46(13,14)44(9,10)24-17-21-29(38(55)56)33(36(52)48-27-18-15-19-27)45(11,12)43(7,8)23-16-20-28(37(53)54)32(42(4,5)6)35(51)47-26-31(49)50;2*1-2/h27-30,32-34H,15-26H2,1-14H3,(H,47,51)(H,48,52)(H,49,50)(H,53,54)(H,55,56)(H,57,58)(H,59,60);1-2H3;1-2H2. The van der Waals surface area contributed by atoms with Crippen LogP contribution in [-0.4, -0.2) is 79.8 Å². The summed E-state index contributed by atoms with van der Waals surface area (Å²) in [6.07, 6.45) is 4.80. The van der Waals surface area contributed by atoms with Crippen molar-refractivity contribution in [2.45, 2.75) is 187 Å². The maximum Gasteiger partial charge on any atom is 0.322 e. The van der Waals surface area contributed by atoms with Gasteiger partial charge >= 0.3 is 29.8 Å². The van der Waals surface area contributed by atoms with E-state index in [1.807, 2.05) is 76.2 Å². The smallest absolute Gasteiger partial charge is 0.322 e. The summed E-state index contributed by atoms with van der Waals surface area (Å²) in [6.45, 7) is 35.4. The zero-order valence-corrected chi connectivity index (χ0v) is 42.5. The molecule has 0 radical (unpaired) electrons. The summed E-state index contributed by atoms with van der Waals surface area (Å²) in [5.74, 6) is -13.7. The van der Waals surface area contributed by atoms with Gasteiger partial charge in [0.25, 0.3) is 0 Å². The molecular formula is C50H90N2O12. The maximum absolute atomic E-state index is 14.3. The Hall–Kier alpha value is -3.97. The molecule has 0 aromatic rings. The van der Waals surface area contributed by atoms with Gasteiger partial charge in [0.2, 0.25) is 11.8 Å². The van der Waals surface area contributed by atoms with Crippen LogP contribution in [0.1, 0.15) is 181 Å². The summed E-state index contributed by atoms with van der Waals surface area (Å²) in [4.78, 5) is 90.1. The minimum Gasteiger partial charge on any atom is -0.481 e. The van der Waals surface area contributed by atoms with Crippen molar-refractivity contribution in [2.24, 2.45) is 68.0 Å². The van der Waals surface area contributed by atoms with Crippen LogP contribution >= 0.6 is 0 Å². The average Bonchev–Trinajstić information content (AvgIpc) is 3.12. The molecule has 0 heterocycles. The largest absolute Gasteiger partial charge is 0.481 e. The van der Waals surface area contributed by atoms with Crippen LogP contribution in [0.3, 0.4) is 0 Å². The summed E-state index contributed by atoms with van der Waals surface area (Å²) in [5, 5.41) is 56.5. The van der Waals surface area contributed by atoms with Crippen LogP contribution in [0.2, 0.25) is 0 Å². The molecule has 0 aliphatic heterocycles. The van der Waals surface area contributed by atoms with Crippen molar-refractivity contribution in [3.05, 3.63) is 13.2 Å². The lowest BCUT2D eigenvalue weighted by Crippen LogP contribution is -2.54. The third-order valence-corrected chi connectivity index (χ3v) is 14.7. The van der Waals surface area contributed by atoms with Gasteiger partial charge in [0.1, 0.15) is 6.54 Å². The van der Waals surface area contributed by atoms with E-state index in [-0.39, 0.29) is 36.6 Å². The molecule has 6 atom stereocenters. The summed E-state index contributed by atoms with van der Waals surface area (Å²) < 4.78 is 0. The first-order chi connectivity index (χ1) is 29.0. The predicted molar refractivity (Wildman–Crippen MR) is 251 cm³/mol. The van der Waals surface area contributed by atoms with E-state index >= 15 is 0 Å². The normalized spacial score (nSPS) is 16.6. The Kier molecular flexibility index (Phi) is 24.9. The van der Waals surface area contributed by atoms with Gasteiger partial charge in [0.05, 0.1) is 35.5 Å². The number of hydrogen-bond acceptors (Lipinski definition) is 7. The van der Waals surface area contributed by atoms with Crippen LogP contribution in [0.5, 0.6) is 0 Å². The highest BCUT2D eigenvalue weighted by molar-refractivity contribution is 5.88. The molecule has 372 valence electrons. The molecule has 0 aromatic heterocycles. The van der Waals surface area contributed by atoms with E-state index in [4.69, 9.17) is 5.11 Å². The lowest BCUT2D eigenvalue weighted by molar-refractivity contribution is -0.164. The number of rotatable bonds is 26. The SMILES string of the molecule is C=C.CC.CC(C)(C)CCC(C(=O)O)C(C(=O)O)C(C)(C)C(C)(C)CCCC(C(=O)O)C(C(=O)NC1CCC1)C(C)(C)C(C)(C)CCCC(C(=O)O)C(C(=O)NCC(=O)O)C(C)(C)C. The van der Waals surface area contributed by atoms with Crippen molar-refractivity contribution in [1.29, 1.82) is 0 Å². The summed E-state index contributed by atoms with van der Waals surface area (Å²) >= 11 is 0. The van der Waals surface area contributed by atoms with E-state index in [0.29, 0.717) is 32.1 Å². The fourth-order valence-corrected chi connectivity index (χ4v) is 9.19.